The molecule has 0 saturated carbocycles. The van der Waals surface area contributed by atoms with E-state index < -0.39 is 0 Å². The van der Waals surface area contributed by atoms with E-state index in [1.54, 1.807) is 0 Å². The Morgan fingerprint density at radius 2 is 1.94 bits per heavy atom. The second-order valence-corrected chi connectivity index (χ2v) is 4.05. The molecule has 0 aliphatic heterocycles. The van der Waals surface area contributed by atoms with E-state index in [-0.39, 0.29) is 18.0 Å². The van der Waals surface area contributed by atoms with Crippen molar-refractivity contribution in [3.8, 4) is 0 Å². The number of furan rings is 1. The first-order valence-electron chi connectivity index (χ1n) is 5.84. The van der Waals surface area contributed by atoms with Crippen molar-refractivity contribution in [2.45, 2.75) is 26.8 Å². The van der Waals surface area contributed by atoms with Crippen molar-refractivity contribution < 1.29 is 14.0 Å². The van der Waals surface area contributed by atoms with Gasteiger partial charge in [-0.3, -0.25) is 4.79 Å². The van der Waals surface area contributed by atoms with E-state index in [9.17, 15) is 9.59 Å². The van der Waals surface area contributed by atoms with Gasteiger partial charge in [0.2, 0.25) is 5.91 Å². The number of amides is 3. The van der Waals surface area contributed by atoms with Crippen LogP contribution in [0.3, 0.4) is 0 Å². The molecule has 6 heteroatoms. The van der Waals surface area contributed by atoms with Gasteiger partial charge in [0.1, 0.15) is 11.5 Å². The van der Waals surface area contributed by atoms with Gasteiger partial charge in [-0.25, -0.2) is 4.79 Å². The highest BCUT2D eigenvalue weighted by Gasteiger charge is 2.11. The topological polar surface area (TPSA) is 83.4 Å². The first-order valence-corrected chi connectivity index (χ1v) is 5.84. The number of nitrogens with one attached hydrogen (secondary N) is 3. The van der Waals surface area contributed by atoms with Crippen molar-refractivity contribution in [1.29, 1.82) is 0 Å². The summed E-state index contributed by atoms with van der Waals surface area (Å²) in [5.41, 5.74) is 0. The minimum atomic E-state index is -0.290. The number of carbonyl (C=O) groups excluding carboxylic acids is 2. The Morgan fingerprint density at radius 3 is 2.50 bits per heavy atom. The third-order valence-corrected chi connectivity index (χ3v) is 2.32. The smallest absolute Gasteiger partial charge is 0.315 e. The highest BCUT2D eigenvalue weighted by Crippen LogP contribution is 2.14. The minimum absolute atomic E-state index is 0.114. The molecular formula is C12H19N3O3. The van der Waals surface area contributed by atoms with E-state index in [4.69, 9.17) is 4.42 Å². The summed E-state index contributed by atoms with van der Waals surface area (Å²) in [4.78, 5) is 22.1. The van der Waals surface area contributed by atoms with E-state index in [2.05, 4.69) is 16.0 Å². The molecule has 1 aromatic rings. The second kappa shape index (κ2) is 6.68. The summed E-state index contributed by atoms with van der Waals surface area (Å²) in [7, 11) is 0. The molecule has 1 atom stereocenters. The standard InChI is InChI=1S/C12H19N3O3/c1-8-4-5-11(18-8)9(2)15-12(17)14-7-6-13-10(3)16/h4-5,9H,6-7H2,1-3H3,(H,13,16)(H2,14,15,17)/t9-/m1/s1. The predicted octanol–water partition coefficient (Wildman–Crippen LogP) is 1.08. The van der Waals surface area contributed by atoms with Crippen molar-refractivity contribution in [2.24, 2.45) is 0 Å². The number of hydrogen-bond donors (Lipinski definition) is 3. The van der Waals surface area contributed by atoms with Crippen LogP contribution in [-0.4, -0.2) is 25.0 Å². The lowest BCUT2D eigenvalue weighted by Crippen LogP contribution is -2.40. The Bertz CT molecular complexity index is 414. The van der Waals surface area contributed by atoms with Gasteiger partial charge in [0, 0.05) is 20.0 Å². The van der Waals surface area contributed by atoms with Crippen LogP contribution in [-0.2, 0) is 4.79 Å². The summed E-state index contributed by atoms with van der Waals surface area (Å²) in [6.45, 7) is 5.92. The van der Waals surface area contributed by atoms with Gasteiger partial charge < -0.3 is 20.4 Å². The van der Waals surface area contributed by atoms with Gasteiger partial charge in [0.25, 0.3) is 0 Å². The maximum Gasteiger partial charge on any atom is 0.315 e. The molecule has 0 aliphatic rings. The molecule has 18 heavy (non-hydrogen) atoms. The number of rotatable bonds is 5. The summed E-state index contributed by atoms with van der Waals surface area (Å²) in [6, 6.07) is 3.20. The van der Waals surface area contributed by atoms with E-state index in [0.29, 0.717) is 18.8 Å². The van der Waals surface area contributed by atoms with Crippen molar-refractivity contribution >= 4 is 11.9 Å². The molecular weight excluding hydrogens is 234 g/mol. The van der Waals surface area contributed by atoms with Crippen LogP contribution in [0, 0.1) is 6.92 Å². The third-order valence-electron chi connectivity index (χ3n) is 2.32. The van der Waals surface area contributed by atoms with Gasteiger partial charge >= 0.3 is 6.03 Å². The van der Waals surface area contributed by atoms with Crippen LogP contribution in [0.2, 0.25) is 0 Å². The van der Waals surface area contributed by atoms with Crippen molar-refractivity contribution in [3.05, 3.63) is 23.7 Å². The van der Waals surface area contributed by atoms with Gasteiger partial charge in [-0.15, -0.1) is 0 Å². The molecule has 0 saturated heterocycles. The van der Waals surface area contributed by atoms with Crippen molar-refractivity contribution in [3.63, 3.8) is 0 Å². The third kappa shape index (κ3) is 4.90. The fraction of sp³-hybridized carbons (Fsp3) is 0.500. The normalized spacial score (nSPS) is 11.7. The molecule has 3 N–H and O–H groups in total. The molecule has 0 radical (unpaired) electrons. The molecule has 0 aliphatic carbocycles. The van der Waals surface area contributed by atoms with Crippen LogP contribution >= 0.6 is 0 Å². The molecule has 3 amide bonds. The van der Waals surface area contributed by atoms with E-state index in [1.807, 2.05) is 26.0 Å². The second-order valence-electron chi connectivity index (χ2n) is 4.05. The first-order chi connectivity index (χ1) is 8.49. The monoisotopic (exact) mass is 253 g/mol. The zero-order valence-corrected chi connectivity index (χ0v) is 10.9. The molecule has 6 nitrogen and oxygen atoms in total. The highest BCUT2D eigenvalue weighted by atomic mass is 16.3. The molecule has 1 heterocycles. The minimum Gasteiger partial charge on any atom is -0.464 e. The fourth-order valence-electron chi connectivity index (χ4n) is 1.42. The molecule has 0 fully saturated rings. The van der Waals surface area contributed by atoms with Crippen LogP contribution < -0.4 is 16.0 Å². The predicted molar refractivity (Wildman–Crippen MR) is 67.1 cm³/mol. The number of carbonyl (C=O) groups is 2. The van der Waals surface area contributed by atoms with Crippen LogP contribution in [0.1, 0.15) is 31.4 Å². The number of hydrogen-bond acceptors (Lipinski definition) is 3. The summed E-state index contributed by atoms with van der Waals surface area (Å²) < 4.78 is 5.40. The van der Waals surface area contributed by atoms with Gasteiger partial charge in [-0.05, 0) is 26.0 Å². The molecule has 0 bridgehead atoms. The lowest BCUT2D eigenvalue weighted by Gasteiger charge is -2.12. The molecule has 1 aromatic heterocycles. The number of aryl methyl sites for hydroxylation is 1. The Labute approximate surface area is 106 Å². The average molecular weight is 253 g/mol. The lowest BCUT2D eigenvalue weighted by molar-refractivity contribution is -0.118. The van der Waals surface area contributed by atoms with Gasteiger partial charge in [-0.1, -0.05) is 0 Å². The van der Waals surface area contributed by atoms with Gasteiger partial charge in [-0.2, -0.15) is 0 Å². The van der Waals surface area contributed by atoms with Crippen molar-refractivity contribution in [1.82, 2.24) is 16.0 Å². The Kier molecular flexibility index (Phi) is 5.23. The van der Waals surface area contributed by atoms with E-state index in [1.165, 1.54) is 6.92 Å². The Balaban J connectivity index is 2.25. The van der Waals surface area contributed by atoms with E-state index in [0.717, 1.165) is 5.76 Å². The van der Waals surface area contributed by atoms with Crippen LogP contribution in [0.5, 0.6) is 0 Å². The van der Waals surface area contributed by atoms with Crippen LogP contribution in [0.4, 0.5) is 4.79 Å². The molecule has 100 valence electrons. The maximum atomic E-state index is 11.5. The summed E-state index contributed by atoms with van der Waals surface area (Å²) >= 11 is 0. The molecule has 0 unspecified atom stereocenters. The summed E-state index contributed by atoms with van der Waals surface area (Å²) in [5, 5.41) is 7.97. The average Bonchev–Trinajstić information content (AvgIpc) is 2.71. The first kappa shape index (κ1) is 14.1. The summed E-state index contributed by atoms with van der Waals surface area (Å²) in [6.07, 6.45) is 0. The summed E-state index contributed by atoms with van der Waals surface area (Å²) in [5.74, 6) is 1.41. The van der Waals surface area contributed by atoms with Crippen LogP contribution in [0.25, 0.3) is 0 Å². The quantitative estimate of drug-likeness (QED) is 0.687. The van der Waals surface area contributed by atoms with Gasteiger partial charge in [0.15, 0.2) is 0 Å². The zero-order valence-electron chi connectivity index (χ0n) is 10.9. The highest BCUT2D eigenvalue weighted by molar-refractivity contribution is 5.75. The molecule has 1 rings (SSSR count). The maximum absolute atomic E-state index is 11.5. The number of urea groups is 1. The van der Waals surface area contributed by atoms with Gasteiger partial charge in [0.05, 0.1) is 6.04 Å². The lowest BCUT2D eigenvalue weighted by atomic mass is 10.2. The zero-order chi connectivity index (χ0) is 13.5. The largest absolute Gasteiger partial charge is 0.464 e. The van der Waals surface area contributed by atoms with Crippen molar-refractivity contribution in [2.75, 3.05) is 13.1 Å². The van der Waals surface area contributed by atoms with E-state index >= 15 is 0 Å². The molecule has 0 aromatic carbocycles. The Morgan fingerprint density at radius 1 is 1.28 bits per heavy atom. The fourth-order valence-corrected chi connectivity index (χ4v) is 1.42. The Hall–Kier alpha value is -1.98. The molecule has 0 spiro atoms. The van der Waals surface area contributed by atoms with Crippen LogP contribution in [0.15, 0.2) is 16.5 Å². The SMILES string of the molecule is CC(=O)NCCNC(=O)N[C@H](C)c1ccc(C)o1.